The van der Waals surface area contributed by atoms with Gasteiger partial charge in [-0.1, -0.05) is 0 Å². The summed E-state index contributed by atoms with van der Waals surface area (Å²) in [6, 6.07) is -3.47. The highest BCUT2D eigenvalue weighted by Gasteiger charge is 2.63. The lowest BCUT2D eigenvalue weighted by Crippen LogP contribution is -2.74. The first-order valence-corrected chi connectivity index (χ1v) is 9.93. The number of ether oxygens (including phenoxy) is 5. The Morgan fingerprint density at radius 3 is 2.06 bits per heavy atom. The molecule has 12 nitrogen and oxygen atoms in total. The molecule has 1 fully saturated rings. The molecule has 0 aromatic rings. The van der Waals surface area contributed by atoms with Crippen LogP contribution < -0.4 is 11.1 Å². The zero-order valence-electron chi connectivity index (χ0n) is 18.8. The van der Waals surface area contributed by atoms with Gasteiger partial charge >= 0.3 is 29.7 Å². The zero-order chi connectivity index (χ0) is 25.5. The van der Waals surface area contributed by atoms with E-state index in [4.69, 9.17) is 24.7 Å². The van der Waals surface area contributed by atoms with Crippen molar-refractivity contribution in [1.29, 1.82) is 0 Å². The van der Waals surface area contributed by atoms with Gasteiger partial charge in [-0.15, -0.1) is 0 Å². The lowest BCUT2D eigenvalue weighted by Gasteiger charge is -2.47. The van der Waals surface area contributed by atoms with Gasteiger partial charge in [0.2, 0.25) is 5.91 Å². The van der Waals surface area contributed by atoms with E-state index < -0.39 is 78.8 Å². The SMILES string of the molecule is CCOC(=O)[C@]1(F)OC([C@H](OC(C)=O)[C@@H](COC(C)=O)OC(C)=O)C(NC(C)=O)C(N)C1F. The molecule has 0 aliphatic carbocycles. The first-order valence-electron chi connectivity index (χ1n) is 9.93. The second kappa shape index (κ2) is 11.8. The van der Waals surface area contributed by atoms with Crippen molar-refractivity contribution in [2.24, 2.45) is 5.73 Å². The van der Waals surface area contributed by atoms with Gasteiger partial charge in [-0.3, -0.25) is 19.2 Å². The van der Waals surface area contributed by atoms with E-state index in [1.807, 2.05) is 0 Å². The number of nitrogens with one attached hydrogen (secondary N) is 1. The summed E-state index contributed by atoms with van der Waals surface area (Å²) in [4.78, 5) is 58.6. The average molecular weight is 482 g/mol. The fraction of sp³-hybridized carbons (Fsp3) is 0.737. The van der Waals surface area contributed by atoms with Crippen molar-refractivity contribution < 1.29 is 56.4 Å². The van der Waals surface area contributed by atoms with E-state index in [0.29, 0.717) is 0 Å². The molecule has 0 spiro atoms. The Labute approximate surface area is 188 Å². The quantitative estimate of drug-likeness (QED) is 0.312. The maximum Gasteiger partial charge on any atom is 0.375 e. The fourth-order valence-corrected chi connectivity index (χ4v) is 3.21. The van der Waals surface area contributed by atoms with E-state index in [9.17, 15) is 28.4 Å². The van der Waals surface area contributed by atoms with Crippen molar-refractivity contribution in [3.05, 3.63) is 0 Å². The van der Waals surface area contributed by atoms with Crippen LogP contribution in [0.3, 0.4) is 0 Å². The van der Waals surface area contributed by atoms with Gasteiger partial charge in [-0.2, -0.15) is 4.39 Å². The molecule has 7 atom stereocenters. The molecule has 188 valence electrons. The number of alkyl halides is 2. The topological polar surface area (TPSA) is 170 Å². The van der Waals surface area contributed by atoms with Gasteiger partial charge in [0.05, 0.1) is 18.7 Å². The van der Waals surface area contributed by atoms with E-state index in [2.05, 4.69) is 10.1 Å². The molecule has 4 unspecified atom stereocenters. The molecule has 0 bridgehead atoms. The highest BCUT2D eigenvalue weighted by atomic mass is 19.2. The Hall–Kier alpha value is -2.87. The predicted octanol–water partition coefficient (Wildman–Crippen LogP) is -0.789. The highest BCUT2D eigenvalue weighted by Crippen LogP contribution is 2.37. The molecule has 1 saturated heterocycles. The van der Waals surface area contributed by atoms with Crippen LogP contribution in [-0.4, -0.2) is 85.4 Å². The Morgan fingerprint density at radius 1 is 1.03 bits per heavy atom. The number of nitrogens with two attached hydrogens (primary N) is 1. The predicted molar refractivity (Wildman–Crippen MR) is 104 cm³/mol. The van der Waals surface area contributed by atoms with E-state index in [0.717, 1.165) is 27.7 Å². The van der Waals surface area contributed by atoms with Crippen molar-refractivity contribution in [1.82, 2.24) is 5.32 Å². The normalized spacial score (nSPS) is 28.6. The number of amides is 1. The maximum atomic E-state index is 15.5. The van der Waals surface area contributed by atoms with Gasteiger partial charge in [0.25, 0.3) is 0 Å². The third-order valence-electron chi connectivity index (χ3n) is 4.45. The van der Waals surface area contributed by atoms with Crippen molar-refractivity contribution in [2.75, 3.05) is 13.2 Å². The fourth-order valence-electron chi connectivity index (χ4n) is 3.21. The van der Waals surface area contributed by atoms with Crippen molar-refractivity contribution >= 4 is 29.8 Å². The summed E-state index contributed by atoms with van der Waals surface area (Å²) in [5.74, 6) is -8.95. The van der Waals surface area contributed by atoms with Crippen LogP contribution in [0.1, 0.15) is 34.6 Å². The molecule has 14 heteroatoms. The molecular weight excluding hydrogens is 454 g/mol. The lowest BCUT2D eigenvalue weighted by atomic mass is 9.86. The molecule has 1 aliphatic heterocycles. The van der Waals surface area contributed by atoms with Crippen LogP contribution in [0.15, 0.2) is 0 Å². The number of carbonyl (C=O) groups excluding carboxylic acids is 5. The molecule has 0 saturated carbocycles. The number of hydrogen-bond acceptors (Lipinski definition) is 11. The average Bonchev–Trinajstić information content (AvgIpc) is 2.69. The number of carbonyl (C=O) groups is 5. The summed E-state index contributed by atoms with van der Waals surface area (Å²) >= 11 is 0. The van der Waals surface area contributed by atoms with E-state index in [1.165, 1.54) is 6.92 Å². The molecule has 0 aromatic heterocycles. The summed E-state index contributed by atoms with van der Waals surface area (Å²) in [5, 5.41) is 2.26. The third kappa shape index (κ3) is 7.32. The van der Waals surface area contributed by atoms with Crippen molar-refractivity contribution in [3.8, 4) is 0 Å². The first-order chi connectivity index (χ1) is 15.2. The third-order valence-corrected chi connectivity index (χ3v) is 4.45. The molecule has 33 heavy (non-hydrogen) atoms. The van der Waals surface area contributed by atoms with Gasteiger partial charge in [-0.25, -0.2) is 9.18 Å². The molecule has 3 N–H and O–H groups in total. The standard InChI is InChI=1S/C19H28F2N2O10/c1-6-29-18(28)19(21)17(20)13(22)14(23-8(2)24)16(33-19)15(32-11(5)27)12(31-10(4)26)7-30-9(3)25/h12-17H,6-7,22H2,1-5H3,(H,23,24)/t12-,13?,14?,15-,16?,17?,19-/m1/s1. The van der Waals surface area contributed by atoms with E-state index in [1.54, 1.807) is 0 Å². The number of halogens is 2. The Kier molecular flexibility index (Phi) is 10.1. The maximum absolute atomic E-state index is 15.5. The smallest absolute Gasteiger partial charge is 0.375 e. The highest BCUT2D eigenvalue weighted by molar-refractivity contribution is 5.79. The Balaban J connectivity index is 3.57. The van der Waals surface area contributed by atoms with Gasteiger partial charge in [0.1, 0.15) is 12.7 Å². The first kappa shape index (κ1) is 28.2. The minimum atomic E-state index is -3.75. The second-order valence-corrected chi connectivity index (χ2v) is 7.18. The summed E-state index contributed by atoms with van der Waals surface area (Å²) in [6.45, 7) is 4.35. The molecule has 0 radical (unpaired) electrons. The largest absolute Gasteiger partial charge is 0.462 e. The zero-order valence-corrected chi connectivity index (χ0v) is 18.8. The van der Waals surface area contributed by atoms with Crippen LogP contribution in [0.25, 0.3) is 0 Å². The number of hydrogen-bond donors (Lipinski definition) is 2. The minimum absolute atomic E-state index is 0.328. The van der Waals surface area contributed by atoms with E-state index in [-0.39, 0.29) is 6.61 Å². The second-order valence-electron chi connectivity index (χ2n) is 7.18. The van der Waals surface area contributed by atoms with Crippen LogP contribution in [0.5, 0.6) is 0 Å². The summed E-state index contributed by atoms with van der Waals surface area (Å²) < 4.78 is 55.1. The molecule has 1 heterocycles. The number of esters is 4. The van der Waals surface area contributed by atoms with Gasteiger partial charge in [0.15, 0.2) is 18.4 Å². The number of rotatable bonds is 9. The van der Waals surface area contributed by atoms with Crippen LogP contribution in [0.4, 0.5) is 8.78 Å². The molecule has 1 rings (SSSR count). The molecule has 1 amide bonds. The van der Waals surface area contributed by atoms with E-state index >= 15 is 4.39 Å². The summed E-state index contributed by atoms with van der Waals surface area (Å²) in [5.41, 5.74) is 5.81. The van der Waals surface area contributed by atoms with Crippen molar-refractivity contribution in [2.45, 2.75) is 77.0 Å². The lowest BCUT2D eigenvalue weighted by molar-refractivity contribution is -0.281. The Morgan fingerprint density at radius 2 is 1.61 bits per heavy atom. The minimum Gasteiger partial charge on any atom is -0.462 e. The van der Waals surface area contributed by atoms with Crippen LogP contribution >= 0.6 is 0 Å². The van der Waals surface area contributed by atoms with Crippen molar-refractivity contribution in [3.63, 3.8) is 0 Å². The summed E-state index contributed by atoms with van der Waals surface area (Å²) in [7, 11) is 0. The molecule has 0 aromatic carbocycles. The van der Waals surface area contributed by atoms with Gasteiger partial charge in [0, 0.05) is 27.7 Å². The Bertz CT molecular complexity index is 767. The van der Waals surface area contributed by atoms with Crippen LogP contribution in [0, 0.1) is 0 Å². The van der Waals surface area contributed by atoms with Crippen LogP contribution in [-0.2, 0) is 47.7 Å². The van der Waals surface area contributed by atoms with Crippen LogP contribution in [0.2, 0.25) is 0 Å². The molecule has 1 aliphatic rings. The van der Waals surface area contributed by atoms with Gasteiger partial charge < -0.3 is 34.7 Å². The van der Waals surface area contributed by atoms with Gasteiger partial charge in [-0.05, 0) is 6.92 Å². The monoisotopic (exact) mass is 482 g/mol. The summed E-state index contributed by atoms with van der Waals surface area (Å²) in [6.07, 6.45) is -8.09. The molecular formula is C19H28F2N2O10.